The van der Waals surface area contributed by atoms with Gasteiger partial charge in [-0.25, -0.2) is 0 Å². The summed E-state index contributed by atoms with van der Waals surface area (Å²) < 4.78 is 6.73. The average Bonchev–Trinajstić information content (AvgIpc) is 2.61. The molecule has 0 aromatic heterocycles. The van der Waals surface area contributed by atoms with Crippen LogP contribution in [0.2, 0.25) is 18.1 Å². The molecule has 24 heavy (non-hydrogen) atoms. The monoisotopic (exact) mass is 342 g/mol. The Hall–Kier alpha value is -1.46. The molecule has 0 amide bonds. The molecule has 0 aliphatic rings. The maximum Gasteiger partial charge on any atom is 0.250 e. The second kappa shape index (κ2) is 9.74. The van der Waals surface area contributed by atoms with Crippen LogP contribution in [-0.4, -0.2) is 8.32 Å². The highest BCUT2D eigenvalue weighted by Gasteiger charge is 2.33. The van der Waals surface area contributed by atoms with Gasteiger partial charge in [0.25, 0.3) is 0 Å². The lowest BCUT2D eigenvalue weighted by Crippen LogP contribution is -2.37. The highest BCUT2D eigenvalue weighted by Crippen LogP contribution is 2.32. The van der Waals surface area contributed by atoms with Crippen molar-refractivity contribution in [2.75, 3.05) is 0 Å². The molecule has 1 aromatic rings. The summed E-state index contributed by atoms with van der Waals surface area (Å²) >= 11 is 0. The van der Waals surface area contributed by atoms with Crippen LogP contribution in [0.4, 0.5) is 0 Å². The van der Waals surface area contributed by atoms with Gasteiger partial charge in [-0.2, -0.15) is 0 Å². The van der Waals surface area contributed by atoms with Gasteiger partial charge in [-0.1, -0.05) is 64.7 Å². The summed E-state index contributed by atoms with van der Waals surface area (Å²) in [6.07, 6.45) is 0. The predicted octanol–water partition coefficient (Wildman–Crippen LogP) is 6.63. The van der Waals surface area contributed by atoms with Crippen LogP contribution in [-0.2, 0) is 4.43 Å². The molecule has 0 saturated heterocycles. The molecule has 0 aliphatic carbocycles. The Morgan fingerprint density at radius 1 is 1.00 bits per heavy atom. The van der Waals surface area contributed by atoms with Crippen LogP contribution >= 0.6 is 0 Å². The molecule has 132 valence electrons. The number of rotatable bonds is 7. The van der Waals surface area contributed by atoms with E-state index >= 15 is 0 Å². The second-order valence-electron chi connectivity index (χ2n) is 6.92. The molecular weight excluding hydrogens is 308 g/mol. The molecule has 0 spiro atoms. The van der Waals surface area contributed by atoms with E-state index in [9.17, 15) is 0 Å². The first kappa shape index (κ1) is 20.6. The van der Waals surface area contributed by atoms with Gasteiger partial charge in [0.05, 0.1) is 5.76 Å². The largest absolute Gasteiger partial charge is 0.546 e. The Morgan fingerprint density at radius 2 is 1.54 bits per heavy atom. The van der Waals surface area contributed by atoms with Crippen molar-refractivity contribution in [3.63, 3.8) is 0 Å². The van der Waals surface area contributed by atoms with Crippen molar-refractivity contribution < 1.29 is 4.43 Å². The topological polar surface area (TPSA) is 9.23 Å². The number of hydrogen-bond acceptors (Lipinski definition) is 1. The lowest BCUT2D eigenvalue weighted by Gasteiger charge is -2.34. The van der Waals surface area contributed by atoms with Crippen LogP contribution in [0.1, 0.15) is 54.0 Å². The molecule has 0 aliphatic heterocycles. The summed E-state index contributed by atoms with van der Waals surface area (Å²) in [6.45, 7) is 15.7. The molecule has 0 radical (unpaired) electrons. The summed E-state index contributed by atoms with van der Waals surface area (Å²) in [7, 11) is -1.64. The first-order chi connectivity index (χ1) is 11.4. The quantitative estimate of drug-likeness (QED) is 0.307. The predicted molar refractivity (Wildman–Crippen MR) is 108 cm³/mol. The summed E-state index contributed by atoms with van der Waals surface area (Å²) in [6, 6.07) is 13.7. The fraction of sp³-hybridized carbons (Fsp3) is 0.545. The molecule has 0 unspecified atom stereocenters. The molecule has 1 nitrogen and oxygen atoms in total. The minimum absolute atomic E-state index is 0.271. The number of allylic oxidation sites excluding steroid dienone is 2. The first-order valence-corrected chi connectivity index (χ1v) is 11.8. The van der Waals surface area contributed by atoms with Crippen molar-refractivity contribution in [1.29, 1.82) is 0 Å². The van der Waals surface area contributed by atoms with Crippen LogP contribution < -0.4 is 0 Å². The van der Waals surface area contributed by atoms with E-state index in [4.69, 9.17) is 4.43 Å². The second-order valence-corrected chi connectivity index (χ2v) is 11.6. The standard InChI is InChI=1S/C22H34OSi/c1-8-24(9-2,10-3)23-22(18(4)5)20(7)19(6)16-17-21-14-12-11-13-15-21/h11-15,19-20H,8-10H2,1-7H3/t19-,20-/m0/s1. The van der Waals surface area contributed by atoms with Crippen molar-refractivity contribution in [2.45, 2.75) is 66.6 Å². The maximum atomic E-state index is 6.73. The van der Waals surface area contributed by atoms with E-state index in [2.05, 4.69) is 72.4 Å². The van der Waals surface area contributed by atoms with Crippen LogP contribution in [0.5, 0.6) is 0 Å². The maximum absolute atomic E-state index is 6.73. The normalized spacial score (nSPS) is 13.5. The minimum atomic E-state index is -1.64. The van der Waals surface area contributed by atoms with Crippen molar-refractivity contribution in [3.8, 4) is 11.8 Å². The lowest BCUT2D eigenvalue weighted by atomic mass is 9.92. The van der Waals surface area contributed by atoms with Crippen LogP contribution in [0, 0.1) is 23.7 Å². The zero-order valence-corrected chi connectivity index (χ0v) is 17.6. The van der Waals surface area contributed by atoms with E-state index in [1.165, 1.54) is 29.5 Å². The van der Waals surface area contributed by atoms with Crippen molar-refractivity contribution in [1.82, 2.24) is 0 Å². The Kier molecular flexibility index (Phi) is 8.35. The Bertz CT molecular complexity index is 575. The molecule has 1 rings (SSSR count). The van der Waals surface area contributed by atoms with Crippen LogP contribution in [0.3, 0.4) is 0 Å². The summed E-state index contributed by atoms with van der Waals surface area (Å²) in [5.74, 6) is 8.51. The fourth-order valence-electron chi connectivity index (χ4n) is 2.92. The third kappa shape index (κ3) is 5.56. The molecule has 2 atom stereocenters. The molecule has 2 heteroatoms. The highest BCUT2D eigenvalue weighted by atomic mass is 28.4. The van der Waals surface area contributed by atoms with Gasteiger partial charge in [-0.05, 0) is 49.7 Å². The van der Waals surface area contributed by atoms with Gasteiger partial charge in [0.15, 0.2) is 0 Å². The van der Waals surface area contributed by atoms with E-state index in [-0.39, 0.29) is 5.92 Å². The Morgan fingerprint density at radius 3 is 2.00 bits per heavy atom. The van der Waals surface area contributed by atoms with Gasteiger partial charge < -0.3 is 4.43 Å². The molecule has 1 aromatic carbocycles. The van der Waals surface area contributed by atoms with E-state index in [0.717, 1.165) is 5.56 Å². The van der Waals surface area contributed by atoms with E-state index in [0.29, 0.717) is 5.92 Å². The van der Waals surface area contributed by atoms with Gasteiger partial charge in [0.2, 0.25) is 8.32 Å². The average molecular weight is 343 g/mol. The first-order valence-electron chi connectivity index (χ1n) is 9.32. The Balaban J connectivity index is 2.97. The van der Waals surface area contributed by atoms with E-state index < -0.39 is 8.32 Å². The summed E-state index contributed by atoms with van der Waals surface area (Å²) in [5, 5.41) is 0. The molecule has 0 fully saturated rings. The minimum Gasteiger partial charge on any atom is -0.546 e. The smallest absolute Gasteiger partial charge is 0.250 e. The van der Waals surface area contributed by atoms with Gasteiger partial charge in [-0.3, -0.25) is 0 Å². The van der Waals surface area contributed by atoms with Gasteiger partial charge in [-0.15, -0.1) is 0 Å². The molecule has 0 heterocycles. The fourth-order valence-corrected chi connectivity index (χ4v) is 5.71. The van der Waals surface area contributed by atoms with Crippen molar-refractivity contribution >= 4 is 8.32 Å². The molecule has 0 N–H and O–H groups in total. The summed E-state index contributed by atoms with van der Waals surface area (Å²) in [5.41, 5.74) is 2.37. The molecule has 0 bridgehead atoms. The zero-order valence-electron chi connectivity index (χ0n) is 16.6. The van der Waals surface area contributed by atoms with Crippen molar-refractivity contribution in [3.05, 3.63) is 47.2 Å². The molecule has 0 saturated carbocycles. The van der Waals surface area contributed by atoms with Crippen LogP contribution in [0.15, 0.2) is 41.7 Å². The third-order valence-corrected chi connectivity index (χ3v) is 9.65. The number of hydrogen-bond donors (Lipinski definition) is 0. The summed E-state index contributed by atoms with van der Waals surface area (Å²) in [4.78, 5) is 0. The van der Waals surface area contributed by atoms with E-state index in [1.807, 2.05) is 18.2 Å². The SMILES string of the molecule is CC[Si](CC)(CC)OC(=C(C)C)[C@@H](C)[C@@H](C)C#Cc1ccccc1. The van der Waals surface area contributed by atoms with E-state index in [1.54, 1.807) is 0 Å². The Labute approximate surface area is 150 Å². The molecular formula is C22H34OSi. The van der Waals surface area contributed by atoms with Crippen molar-refractivity contribution in [2.24, 2.45) is 11.8 Å². The van der Waals surface area contributed by atoms with Gasteiger partial charge in [0, 0.05) is 17.4 Å². The third-order valence-electron chi connectivity index (χ3n) is 5.13. The van der Waals surface area contributed by atoms with Gasteiger partial charge in [0.1, 0.15) is 0 Å². The zero-order chi connectivity index (χ0) is 18.2. The van der Waals surface area contributed by atoms with Crippen LogP contribution in [0.25, 0.3) is 0 Å². The highest BCUT2D eigenvalue weighted by molar-refractivity contribution is 6.73. The van der Waals surface area contributed by atoms with Gasteiger partial charge >= 0.3 is 0 Å². The number of benzene rings is 1. The lowest BCUT2D eigenvalue weighted by molar-refractivity contribution is 0.310.